The first-order valence-electron chi connectivity index (χ1n) is 17.6. The molecule has 2 unspecified atom stereocenters. The Morgan fingerprint density at radius 2 is 1.74 bits per heavy atom. The Bertz CT molecular complexity index is 1620. The third kappa shape index (κ3) is 7.73. The summed E-state index contributed by atoms with van der Waals surface area (Å²) in [4.78, 5) is 69.3. The number of aliphatic carboxylic acids is 1. The maximum atomic E-state index is 14.4. The van der Waals surface area contributed by atoms with Gasteiger partial charge in [-0.05, 0) is 79.5 Å². The summed E-state index contributed by atoms with van der Waals surface area (Å²) in [6, 6.07) is 8.67. The Morgan fingerprint density at radius 1 is 1.02 bits per heavy atom. The summed E-state index contributed by atoms with van der Waals surface area (Å²) in [7, 11) is 0. The van der Waals surface area contributed by atoms with Crippen LogP contribution in [0.1, 0.15) is 95.7 Å². The lowest BCUT2D eigenvalue weighted by Gasteiger charge is -2.37. The molecule has 2 saturated heterocycles. The number of nitrogens with one attached hydrogen (secondary N) is 3. The highest BCUT2D eigenvalue weighted by Crippen LogP contribution is 2.47. The number of benzene rings is 1. The van der Waals surface area contributed by atoms with Gasteiger partial charge in [-0.25, -0.2) is 15.0 Å². The summed E-state index contributed by atoms with van der Waals surface area (Å²) in [6.45, 7) is 5.23. The normalized spacial score (nSPS) is 29.5. The topological polar surface area (TPSA) is 157 Å². The van der Waals surface area contributed by atoms with Gasteiger partial charge in [-0.3, -0.25) is 19.4 Å². The smallest absolute Gasteiger partial charge is 0.408 e. The van der Waals surface area contributed by atoms with E-state index in [-0.39, 0.29) is 30.8 Å². The Hall–Kier alpha value is -4.23. The van der Waals surface area contributed by atoms with Crippen molar-refractivity contribution < 1.29 is 33.8 Å². The number of hydrazine groups is 1. The number of hydrogen-bond acceptors (Lipinski definition) is 8. The van der Waals surface area contributed by atoms with Crippen LogP contribution in [0.3, 0.4) is 0 Å². The average Bonchev–Trinajstić information content (AvgIpc) is 3.39. The number of carboxylic acid groups (broad SMARTS) is 1. The Labute approximate surface area is 296 Å². The summed E-state index contributed by atoms with van der Waals surface area (Å²) in [5.74, 6) is -2.62. The second kappa shape index (κ2) is 14.6. The Morgan fingerprint density at radius 3 is 2.42 bits per heavy atom. The van der Waals surface area contributed by atoms with Crippen LogP contribution >= 0.6 is 11.3 Å². The number of amides is 4. The quantitative estimate of drug-likeness (QED) is 0.346. The Balaban J connectivity index is 1.32. The fourth-order valence-corrected chi connectivity index (χ4v) is 8.21. The minimum absolute atomic E-state index is 0.00872. The first-order chi connectivity index (χ1) is 23.9. The van der Waals surface area contributed by atoms with Crippen molar-refractivity contribution in [1.29, 1.82) is 0 Å². The van der Waals surface area contributed by atoms with E-state index in [0.717, 1.165) is 42.4 Å². The number of nitrogens with zero attached hydrogens (tertiary/aromatic N) is 2. The zero-order valence-corrected chi connectivity index (χ0v) is 29.7. The minimum atomic E-state index is -1.38. The molecule has 6 rings (SSSR count). The van der Waals surface area contributed by atoms with Crippen LogP contribution in [0.4, 0.5) is 4.79 Å². The van der Waals surface area contributed by atoms with Crippen molar-refractivity contribution in [3.05, 3.63) is 64.4 Å². The highest BCUT2D eigenvalue weighted by molar-refractivity contribution is 7.08. The van der Waals surface area contributed by atoms with Crippen molar-refractivity contribution in [2.24, 2.45) is 5.92 Å². The van der Waals surface area contributed by atoms with Crippen molar-refractivity contribution in [1.82, 2.24) is 26.0 Å². The van der Waals surface area contributed by atoms with Crippen LogP contribution in [-0.2, 0) is 23.9 Å². The van der Waals surface area contributed by atoms with Gasteiger partial charge in [0.2, 0.25) is 11.8 Å². The molecular weight excluding hydrogens is 659 g/mol. The number of hydrogen-bond donors (Lipinski definition) is 4. The lowest BCUT2D eigenvalue weighted by Crippen LogP contribution is -2.57. The van der Waals surface area contributed by atoms with Crippen molar-refractivity contribution in [3.63, 3.8) is 0 Å². The van der Waals surface area contributed by atoms with Gasteiger partial charge in [-0.1, -0.05) is 62.4 Å². The van der Waals surface area contributed by atoms with Crippen molar-refractivity contribution >= 4 is 46.7 Å². The molecule has 0 spiro atoms. The molecule has 6 atom stereocenters. The highest BCUT2D eigenvalue weighted by atomic mass is 32.1. The molecular formula is C37H47N5O7S. The molecule has 4 N–H and O–H groups in total. The third-order valence-electron chi connectivity index (χ3n) is 10.2. The Kier molecular flexibility index (Phi) is 10.4. The van der Waals surface area contributed by atoms with Crippen molar-refractivity contribution in [3.8, 4) is 0 Å². The van der Waals surface area contributed by atoms with Crippen LogP contribution in [0, 0.1) is 5.92 Å². The van der Waals surface area contributed by atoms with Gasteiger partial charge in [0.1, 0.15) is 23.2 Å². The number of carbonyl (C=O) groups excluding carboxylic acids is 4. The van der Waals surface area contributed by atoms with Crippen LogP contribution in [0.25, 0.3) is 5.57 Å². The molecule has 4 heterocycles. The average molecular weight is 706 g/mol. The molecule has 1 saturated carbocycles. The molecule has 1 aromatic carbocycles. The van der Waals surface area contributed by atoms with Gasteiger partial charge >= 0.3 is 12.1 Å². The highest BCUT2D eigenvalue weighted by Gasteiger charge is 2.62. The summed E-state index contributed by atoms with van der Waals surface area (Å²) >= 11 is 1.54. The van der Waals surface area contributed by atoms with E-state index in [1.165, 1.54) is 21.2 Å². The molecule has 4 aliphatic rings. The van der Waals surface area contributed by atoms with Gasteiger partial charge < -0.3 is 25.4 Å². The fraction of sp³-hybridized carbons (Fsp3) is 0.541. The zero-order chi connectivity index (χ0) is 35.6. The van der Waals surface area contributed by atoms with E-state index in [4.69, 9.17) is 4.74 Å². The van der Waals surface area contributed by atoms with E-state index in [0.29, 0.717) is 25.7 Å². The molecule has 1 aromatic heterocycles. The van der Waals surface area contributed by atoms with Crippen LogP contribution < -0.4 is 16.1 Å². The predicted octanol–water partition coefficient (Wildman–Crippen LogP) is 4.79. The maximum absolute atomic E-state index is 14.4. The van der Waals surface area contributed by atoms with Crippen LogP contribution in [-0.4, -0.2) is 80.6 Å². The van der Waals surface area contributed by atoms with Gasteiger partial charge in [0.05, 0.1) is 12.1 Å². The second-order valence-electron chi connectivity index (χ2n) is 14.9. The molecule has 1 aliphatic carbocycles. The van der Waals surface area contributed by atoms with E-state index < -0.39 is 53.1 Å². The van der Waals surface area contributed by atoms with E-state index in [1.54, 1.807) is 26.8 Å². The number of thiophene rings is 1. The SMILES string of the molecule is CC(C)(C)OC(=O)N[C@@H]1CCCCCCC[C@@H]2C[C@]2(C(=O)O)NC(=O)C2C[C@H](N3NC(c4ccccc4)C(c4ccsc4)=CC3=O)CN2C1=O. The molecule has 3 aliphatic heterocycles. The number of carbonyl (C=O) groups is 5. The van der Waals surface area contributed by atoms with Crippen molar-refractivity contribution in [2.75, 3.05) is 6.54 Å². The van der Waals surface area contributed by atoms with Crippen LogP contribution in [0.2, 0.25) is 0 Å². The number of rotatable bonds is 5. The number of fused-ring (bicyclic) bond motifs is 2. The molecule has 268 valence electrons. The first-order valence-corrected chi connectivity index (χ1v) is 18.5. The lowest BCUT2D eigenvalue weighted by molar-refractivity contribution is -0.146. The molecule has 50 heavy (non-hydrogen) atoms. The summed E-state index contributed by atoms with van der Waals surface area (Å²) in [6.07, 6.45) is 6.50. The zero-order valence-electron chi connectivity index (χ0n) is 28.9. The van der Waals surface area contributed by atoms with Gasteiger partial charge in [0.15, 0.2) is 0 Å². The standard InChI is InChI=1S/C37H47N5O7S/c1-36(2,3)49-35(48)38-28-15-11-6-4-5-10-14-25-20-37(25,34(46)47)39-32(44)29-18-26(21-41(29)33(28)45)42-30(43)19-27(24-16-17-50-22-24)31(40-42)23-12-8-7-9-13-23/h7-9,12-13,16-17,19,22,25-26,28-29,31,40H,4-6,10-11,14-15,18,20-21H2,1-3H3,(H,38,48)(H,39,44)(H,46,47)/t25-,26+,28-,29?,31?,37+/m1/s1. The molecule has 12 nitrogen and oxygen atoms in total. The van der Waals surface area contributed by atoms with Crippen LogP contribution in [0.15, 0.2) is 53.2 Å². The van der Waals surface area contributed by atoms with Crippen molar-refractivity contribution in [2.45, 2.75) is 114 Å². The van der Waals surface area contributed by atoms with E-state index >= 15 is 0 Å². The summed E-state index contributed by atoms with van der Waals surface area (Å²) < 4.78 is 5.50. The number of carboxylic acids is 1. The maximum Gasteiger partial charge on any atom is 0.408 e. The lowest BCUT2D eigenvalue weighted by atomic mass is 9.93. The molecule has 4 amide bonds. The van der Waals surface area contributed by atoms with Gasteiger partial charge in [0.25, 0.3) is 5.91 Å². The monoisotopic (exact) mass is 705 g/mol. The van der Waals surface area contributed by atoms with Gasteiger partial charge in [-0.2, -0.15) is 11.3 Å². The third-order valence-corrected chi connectivity index (χ3v) is 10.9. The minimum Gasteiger partial charge on any atom is -0.479 e. The van der Waals surface area contributed by atoms with Crippen LogP contribution in [0.5, 0.6) is 0 Å². The number of alkyl carbamates (subject to hydrolysis) is 1. The van der Waals surface area contributed by atoms with E-state index in [2.05, 4.69) is 16.1 Å². The molecule has 13 heteroatoms. The molecule has 3 fully saturated rings. The fourth-order valence-electron chi connectivity index (χ4n) is 7.54. The second-order valence-corrected chi connectivity index (χ2v) is 15.7. The van der Waals surface area contributed by atoms with E-state index in [1.807, 2.05) is 47.2 Å². The van der Waals surface area contributed by atoms with Gasteiger partial charge in [-0.15, -0.1) is 0 Å². The van der Waals surface area contributed by atoms with E-state index in [9.17, 15) is 29.1 Å². The van der Waals surface area contributed by atoms with Gasteiger partial charge in [0, 0.05) is 19.0 Å². The number of ether oxygens (including phenoxy) is 1. The molecule has 0 radical (unpaired) electrons. The molecule has 0 bridgehead atoms. The first kappa shape index (κ1) is 35.6. The largest absolute Gasteiger partial charge is 0.479 e. The summed E-state index contributed by atoms with van der Waals surface area (Å²) in [5.41, 5.74) is 3.92. The predicted molar refractivity (Wildman–Crippen MR) is 187 cm³/mol. The summed E-state index contributed by atoms with van der Waals surface area (Å²) in [5, 5.41) is 21.3. The molecule has 2 aromatic rings.